The molecule has 10 heteroatoms. The highest BCUT2D eigenvalue weighted by molar-refractivity contribution is 7.88. The lowest BCUT2D eigenvalue weighted by atomic mass is 10.0. The van der Waals surface area contributed by atoms with E-state index in [1.165, 1.54) is 10.4 Å². The first kappa shape index (κ1) is 15.3. The zero-order chi connectivity index (χ0) is 17.1. The molecule has 128 valence electrons. The SMILES string of the molecule is CS(=O)(=O)N1CCc2[nH]nc(-c3cccc4c3OC(F)(F)O4)c2C1. The lowest BCUT2D eigenvalue weighted by Gasteiger charge is -2.24. The summed E-state index contributed by atoms with van der Waals surface area (Å²) in [5.74, 6) is -0.182. The summed E-state index contributed by atoms with van der Waals surface area (Å²) in [5.41, 5.74) is 2.15. The fourth-order valence-corrected chi connectivity index (χ4v) is 3.72. The molecule has 0 fully saturated rings. The van der Waals surface area contributed by atoms with Crippen LogP contribution in [0.2, 0.25) is 0 Å². The average Bonchev–Trinajstić information content (AvgIpc) is 3.04. The van der Waals surface area contributed by atoms with E-state index in [0.29, 0.717) is 29.8 Å². The van der Waals surface area contributed by atoms with Gasteiger partial charge >= 0.3 is 6.29 Å². The maximum absolute atomic E-state index is 13.4. The summed E-state index contributed by atoms with van der Waals surface area (Å²) in [4.78, 5) is 0. The van der Waals surface area contributed by atoms with E-state index < -0.39 is 16.3 Å². The number of halogens is 2. The summed E-state index contributed by atoms with van der Waals surface area (Å²) in [7, 11) is -3.36. The summed E-state index contributed by atoms with van der Waals surface area (Å²) in [6, 6.07) is 4.51. The number of sulfonamides is 1. The highest BCUT2D eigenvalue weighted by Gasteiger charge is 2.45. The van der Waals surface area contributed by atoms with Gasteiger partial charge in [-0.1, -0.05) is 6.07 Å². The quantitative estimate of drug-likeness (QED) is 0.885. The number of aromatic amines is 1. The average molecular weight is 357 g/mol. The summed E-state index contributed by atoms with van der Waals surface area (Å²) < 4.78 is 60.7. The Morgan fingerprint density at radius 2 is 2.12 bits per heavy atom. The Balaban J connectivity index is 1.80. The van der Waals surface area contributed by atoms with Crippen molar-refractivity contribution in [1.82, 2.24) is 14.5 Å². The normalized spacial score (nSPS) is 19.3. The number of hydrogen-bond acceptors (Lipinski definition) is 5. The number of para-hydroxylation sites is 1. The van der Waals surface area contributed by atoms with Gasteiger partial charge in [-0.15, -0.1) is 8.78 Å². The zero-order valence-corrected chi connectivity index (χ0v) is 13.4. The van der Waals surface area contributed by atoms with Crippen LogP contribution in [0.25, 0.3) is 11.3 Å². The molecule has 7 nitrogen and oxygen atoms in total. The van der Waals surface area contributed by atoms with Crippen LogP contribution in [0.1, 0.15) is 11.3 Å². The van der Waals surface area contributed by atoms with Crippen LogP contribution >= 0.6 is 0 Å². The van der Waals surface area contributed by atoms with E-state index in [-0.39, 0.29) is 18.0 Å². The molecule has 0 atom stereocenters. The standard InChI is InChI=1S/C14H13F2N3O4S/c1-24(20,21)19-6-5-10-9(7-19)12(18-17-10)8-3-2-4-11-13(8)23-14(15,16)22-11/h2-4H,5-7H2,1H3,(H,17,18). The minimum Gasteiger partial charge on any atom is -0.395 e. The lowest BCUT2D eigenvalue weighted by Crippen LogP contribution is -2.35. The van der Waals surface area contributed by atoms with Gasteiger partial charge in [0, 0.05) is 36.3 Å². The third kappa shape index (κ3) is 2.42. The highest BCUT2D eigenvalue weighted by atomic mass is 32.2. The molecule has 2 aliphatic rings. The molecule has 0 bridgehead atoms. The maximum Gasteiger partial charge on any atom is 0.586 e. The topological polar surface area (TPSA) is 84.5 Å². The van der Waals surface area contributed by atoms with Gasteiger partial charge in [-0.2, -0.15) is 9.40 Å². The van der Waals surface area contributed by atoms with Crippen LogP contribution in [-0.2, 0) is 23.0 Å². The number of hydrogen-bond donors (Lipinski definition) is 1. The molecule has 1 aromatic heterocycles. The number of nitrogens with one attached hydrogen (secondary N) is 1. The van der Waals surface area contributed by atoms with Crippen molar-refractivity contribution in [3.8, 4) is 22.8 Å². The van der Waals surface area contributed by atoms with E-state index in [1.807, 2.05) is 0 Å². The van der Waals surface area contributed by atoms with Crippen molar-refractivity contribution in [3.05, 3.63) is 29.5 Å². The summed E-state index contributed by atoms with van der Waals surface area (Å²) in [6.07, 6.45) is -2.12. The van der Waals surface area contributed by atoms with Crippen LogP contribution in [0.3, 0.4) is 0 Å². The van der Waals surface area contributed by atoms with Crippen molar-refractivity contribution in [2.24, 2.45) is 0 Å². The molecule has 0 spiro atoms. The van der Waals surface area contributed by atoms with E-state index in [9.17, 15) is 17.2 Å². The molecular formula is C14H13F2N3O4S. The number of aromatic nitrogens is 2. The minimum absolute atomic E-state index is 0.0787. The first-order valence-electron chi connectivity index (χ1n) is 7.15. The van der Waals surface area contributed by atoms with Crippen LogP contribution in [0.5, 0.6) is 11.5 Å². The molecule has 0 radical (unpaired) electrons. The van der Waals surface area contributed by atoms with E-state index in [0.717, 1.165) is 11.9 Å². The van der Waals surface area contributed by atoms with E-state index in [2.05, 4.69) is 19.7 Å². The number of benzene rings is 1. The van der Waals surface area contributed by atoms with Crippen LogP contribution in [-0.4, -0.2) is 42.0 Å². The van der Waals surface area contributed by atoms with Gasteiger partial charge in [-0.05, 0) is 12.1 Å². The van der Waals surface area contributed by atoms with Gasteiger partial charge in [0.2, 0.25) is 10.0 Å². The van der Waals surface area contributed by atoms with Crippen molar-refractivity contribution in [2.45, 2.75) is 19.3 Å². The molecule has 2 aromatic rings. The monoisotopic (exact) mass is 357 g/mol. The number of alkyl halides is 2. The van der Waals surface area contributed by atoms with Gasteiger partial charge in [0.05, 0.1) is 6.26 Å². The Morgan fingerprint density at radius 1 is 1.33 bits per heavy atom. The van der Waals surface area contributed by atoms with Crippen molar-refractivity contribution in [3.63, 3.8) is 0 Å². The van der Waals surface area contributed by atoms with Crippen molar-refractivity contribution < 1.29 is 26.7 Å². The molecule has 0 amide bonds. The molecule has 1 N–H and O–H groups in total. The molecule has 3 heterocycles. The fourth-order valence-electron chi connectivity index (χ4n) is 2.93. The third-order valence-corrected chi connectivity index (χ3v) is 5.30. The third-order valence-electron chi connectivity index (χ3n) is 4.05. The molecule has 24 heavy (non-hydrogen) atoms. The van der Waals surface area contributed by atoms with Gasteiger partial charge in [-0.3, -0.25) is 5.10 Å². The molecule has 4 rings (SSSR count). The first-order chi connectivity index (χ1) is 11.2. The minimum atomic E-state index is -3.73. The smallest absolute Gasteiger partial charge is 0.395 e. The predicted molar refractivity (Wildman–Crippen MR) is 79.2 cm³/mol. The predicted octanol–water partition coefficient (Wildman–Crippen LogP) is 1.72. The number of rotatable bonds is 2. The molecule has 1 aromatic carbocycles. The second-order valence-electron chi connectivity index (χ2n) is 5.68. The van der Waals surface area contributed by atoms with Gasteiger partial charge in [0.1, 0.15) is 5.69 Å². The number of fused-ring (bicyclic) bond motifs is 2. The fraction of sp³-hybridized carbons (Fsp3) is 0.357. The Kier molecular flexibility index (Phi) is 3.13. The van der Waals surface area contributed by atoms with Crippen LogP contribution < -0.4 is 9.47 Å². The lowest BCUT2D eigenvalue weighted by molar-refractivity contribution is -0.286. The second-order valence-corrected chi connectivity index (χ2v) is 7.66. The van der Waals surface area contributed by atoms with E-state index >= 15 is 0 Å². The number of H-pyrrole nitrogens is 1. The maximum atomic E-state index is 13.4. The van der Waals surface area contributed by atoms with Crippen LogP contribution in [0, 0.1) is 0 Å². The molecule has 0 unspecified atom stereocenters. The Labute approximate surface area is 136 Å². The van der Waals surface area contributed by atoms with E-state index in [4.69, 9.17) is 0 Å². The summed E-state index contributed by atoms with van der Waals surface area (Å²) >= 11 is 0. The van der Waals surface area contributed by atoms with Crippen molar-refractivity contribution >= 4 is 10.0 Å². The second kappa shape index (κ2) is 4.90. The van der Waals surface area contributed by atoms with Crippen molar-refractivity contribution in [2.75, 3.05) is 12.8 Å². The van der Waals surface area contributed by atoms with Gasteiger partial charge < -0.3 is 9.47 Å². The van der Waals surface area contributed by atoms with Gasteiger partial charge in [-0.25, -0.2) is 8.42 Å². The summed E-state index contributed by atoms with van der Waals surface area (Å²) in [6.45, 7) is 0.471. The Hall–Kier alpha value is -2.20. The largest absolute Gasteiger partial charge is 0.586 e. The summed E-state index contributed by atoms with van der Waals surface area (Å²) in [5, 5.41) is 7.04. The van der Waals surface area contributed by atoms with Crippen molar-refractivity contribution in [1.29, 1.82) is 0 Å². The van der Waals surface area contributed by atoms with Crippen LogP contribution in [0.4, 0.5) is 8.78 Å². The molecule has 0 aliphatic carbocycles. The first-order valence-corrected chi connectivity index (χ1v) is 9.00. The number of ether oxygens (including phenoxy) is 2. The molecule has 0 saturated carbocycles. The zero-order valence-electron chi connectivity index (χ0n) is 12.5. The van der Waals surface area contributed by atoms with E-state index in [1.54, 1.807) is 12.1 Å². The Bertz CT molecular complexity index is 926. The number of nitrogens with zero attached hydrogens (tertiary/aromatic N) is 2. The van der Waals surface area contributed by atoms with Gasteiger partial charge in [0.25, 0.3) is 0 Å². The molecule has 0 saturated heterocycles. The Morgan fingerprint density at radius 3 is 2.88 bits per heavy atom. The molecular weight excluding hydrogens is 344 g/mol. The molecule has 2 aliphatic heterocycles. The van der Waals surface area contributed by atoms with Gasteiger partial charge in [0.15, 0.2) is 11.5 Å². The highest BCUT2D eigenvalue weighted by Crippen LogP contribution is 2.47. The van der Waals surface area contributed by atoms with Crippen LogP contribution in [0.15, 0.2) is 18.2 Å².